The van der Waals surface area contributed by atoms with E-state index in [0.29, 0.717) is 17.3 Å². The van der Waals surface area contributed by atoms with Crippen LogP contribution in [0.25, 0.3) is 0 Å². The van der Waals surface area contributed by atoms with Crippen molar-refractivity contribution in [3.05, 3.63) is 28.8 Å². The van der Waals surface area contributed by atoms with Gasteiger partial charge in [0.1, 0.15) is 0 Å². The van der Waals surface area contributed by atoms with Crippen molar-refractivity contribution in [3.63, 3.8) is 0 Å². The van der Waals surface area contributed by atoms with E-state index in [4.69, 9.17) is 11.6 Å². The molecule has 0 saturated heterocycles. The molecule has 0 radical (unpaired) electrons. The van der Waals surface area contributed by atoms with Crippen molar-refractivity contribution in [1.29, 1.82) is 0 Å². The summed E-state index contributed by atoms with van der Waals surface area (Å²) in [7, 11) is -1.59. The fourth-order valence-corrected chi connectivity index (χ4v) is 2.36. The molecule has 0 atom stereocenters. The van der Waals surface area contributed by atoms with E-state index in [1.165, 1.54) is 0 Å². The standard InChI is InChI=1S/C10H15ClN2O2S/c1-8-3-4-9(7-10(8)11)13-16(14,15)6-5-12-2/h3-4,7,12-13H,5-6H2,1-2H3. The van der Waals surface area contributed by atoms with Crippen molar-refractivity contribution in [3.8, 4) is 0 Å². The zero-order chi connectivity index (χ0) is 12.2. The van der Waals surface area contributed by atoms with Crippen LogP contribution in [0.15, 0.2) is 18.2 Å². The van der Waals surface area contributed by atoms with Crippen LogP contribution in [0.4, 0.5) is 5.69 Å². The summed E-state index contributed by atoms with van der Waals surface area (Å²) in [6, 6.07) is 5.07. The maximum Gasteiger partial charge on any atom is 0.233 e. The third-order valence-electron chi connectivity index (χ3n) is 2.07. The molecule has 0 aromatic heterocycles. The minimum Gasteiger partial charge on any atom is -0.319 e. The zero-order valence-corrected chi connectivity index (χ0v) is 10.8. The minimum atomic E-state index is -3.30. The second-order valence-corrected chi connectivity index (χ2v) is 5.74. The lowest BCUT2D eigenvalue weighted by atomic mass is 10.2. The molecule has 1 aromatic carbocycles. The van der Waals surface area contributed by atoms with E-state index in [1.54, 1.807) is 25.2 Å². The predicted octanol–water partition coefficient (Wildman–Crippen LogP) is 1.61. The average Bonchev–Trinajstić information content (AvgIpc) is 2.20. The monoisotopic (exact) mass is 262 g/mol. The molecule has 0 aliphatic rings. The highest BCUT2D eigenvalue weighted by Gasteiger charge is 2.09. The van der Waals surface area contributed by atoms with E-state index < -0.39 is 10.0 Å². The summed E-state index contributed by atoms with van der Waals surface area (Å²) in [6.45, 7) is 2.27. The van der Waals surface area contributed by atoms with Crippen LogP contribution in [0.2, 0.25) is 5.02 Å². The van der Waals surface area contributed by atoms with Crippen LogP contribution in [0, 0.1) is 6.92 Å². The summed E-state index contributed by atoms with van der Waals surface area (Å²) in [6.07, 6.45) is 0. The number of anilines is 1. The molecule has 2 N–H and O–H groups in total. The highest BCUT2D eigenvalue weighted by atomic mass is 35.5. The number of hydrogen-bond acceptors (Lipinski definition) is 3. The Labute approximate surface area is 101 Å². The Morgan fingerprint density at radius 1 is 1.38 bits per heavy atom. The van der Waals surface area contributed by atoms with Crippen LogP contribution in [0.5, 0.6) is 0 Å². The van der Waals surface area contributed by atoms with Gasteiger partial charge in [0.15, 0.2) is 0 Å². The molecule has 90 valence electrons. The molecule has 1 aromatic rings. The van der Waals surface area contributed by atoms with Crippen LogP contribution in [-0.4, -0.2) is 27.8 Å². The molecule has 0 saturated carbocycles. The number of benzene rings is 1. The summed E-state index contributed by atoms with van der Waals surface area (Å²) >= 11 is 5.90. The van der Waals surface area contributed by atoms with Gasteiger partial charge < -0.3 is 5.32 Å². The maximum atomic E-state index is 11.6. The zero-order valence-electron chi connectivity index (χ0n) is 9.25. The Morgan fingerprint density at radius 2 is 2.06 bits per heavy atom. The summed E-state index contributed by atoms with van der Waals surface area (Å²) in [5.74, 6) is 0.0367. The van der Waals surface area contributed by atoms with Gasteiger partial charge in [0, 0.05) is 17.3 Å². The Bertz CT molecular complexity index is 460. The van der Waals surface area contributed by atoms with Crippen LogP contribution < -0.4 is 10.0 Å². The third-order valence-corrected chi connectivity index (χ3v) is 3.76. The summed E-state index contributed by atoms with van der Waals surface area (Å²) in [4.78, 5) is 0. The molecule has 0 unspecified atom stereocenters. The first kappa shape index (κ1) is 13.3. The minimum absolute atomic E-state index is 0.0367. The van der Waals surface area contributed by atoms with Crippen molar-refractivity contribution < 1.29 is 8.42 Å². The molecule has 1 rings (SSSR count). The number of sulfonamides is 1. The number of nitrogens with one attached hydrogen (secondary N) is 2. The molecule has 0 heterocycles. The summed E-state index contributed by atoms with van der Waals surface area (Å²) in [5.41, 5.74) is 1.41. The second kappa shape index (κ2) is 5.52. The van der Waals surface area contributed by atoms with Crippen molar-refractivity contribution in [2.24, 2.45) is 0 Å². The molecule has 0 spiro atoms. The number of aryl methyl sites for hydroxylation is 1. The van der Waals surface area contributed by atoms with Gasteiger partial charge in [-0.1, -0.05) is 17.7 Å². The molecule has 0 aliphatic carbocycles. The number of rotatable bonds is 5. The predicted molar refractivity (Wildman–Crippen MR) is 67.5 cm³/mol. The Kier molecular flexibility index (Phi) is 4.58. The average molecular weight is 263 g/mol. The van der Waals surface area contributed by atoms with Crippen molar-refractivity contribution in [2.75, 3.05) is 24.1 Å². The lowest BCUT2D eigenvalue weighted by Gasteiger charge is -2.08. The highest BCUT2D eigenvalue weighted by molar-refractivity contribution is 7.92. The molecule has 0 bridgehead atoms. The molecular formula is C10H15ClN2O2S. The van der Waals surface area contributed by atoms with E-state index in [-0.39, 0.29) is 5.75 Å². The van der Waals surface area contributed by atoms with Crippen LogP contribution in [0.3, 0.4) is 0 Å². The van der Waals surface area contributed by atoms with Crippen molar-refractivity contribution in [1.82, 2.24) is 5.32 Å². The number of halogens is 1. The van der Waals surface area contributed by atoms with Crippen LogP contribution in [-0.2, 0) is 10.0 Å². The van der Waals surface area contributed by atoms with E-state index in [2.05, 4.69) is 10.0 Å². The van der Waals surface area contributed by atoms with Crippen molar-refractivity contribution >= 4 is 27.3 Å². The Balaban J connectivity index is 2.76. The Morgan fingerprint density at radius 3 is 2.62 bits per heavy atom. The molecule has 4 nitrogen and oxygen atoms in total. The molecular weight excluding hydrogens is 248 g/mol. The van der Waals surface area contributed by atoms with Gasteiger partial charge in [-0.2, -0.15) is 0 Å². The lowest BCUT2D eigenvalue weighted by Crippen LogP contribution is -2.24. The van der Waals surface area contributed by atoms with Crippen LogP contribution in [0.1, 0.15) is 5.56 Å². The quantitative estimate of drug-likeness (QED) is 0.848. The molecule has 0 fully saturated rings. The van der Waals surface area contributed by atoms with E-state index in [0.717, 1.165) is 5.56 Å². The number of hydrogen-bond donors (Lipinski definition) is 2. The molecule has 0 amide bonds. The first-order valence-electron chi connectivity index (χ1n) is 4.86. The SMILES string of the molecule is CNCCS(=O)(=O)Nc1ccc(C)c(Cl)c1. The molecule has 0 aliphatic heterocycles. The first-order valence-corrected chi connectivity index (χ1v) is 6.89. The van der Waals surface area contributed by atoms with Gasteiger partial charge in [0.25, 0.3) is 0 Å². The first-order chi connectivity index (χ1) is 7.44. The van der Waals surface area contributed by atoms with Gasteiger partial charge in [-0.15, -0.1) is 0 Å². The second-order valence-electron chi connectivity index (χ2n) is 3.49. The summed E-state index contributed by atoms with van der Waals surface area (Å²) in [5, 5.41) is 3.33. The van der Waals surface area contributed by atoms with Gasteiger partial charge in [0.2, 0.25) is 10.0 Å². The fourth-order valence-electron chi connectivity index (χ4n) is 1.12. The maximum absolute atomic E-state index is 11.6. The molecule has 6 heteroatoms. The van der Waals surface area contributed by atoms with E-state index in [9.17, 15) is 8.42 Å². The smallest absolute Gasteiger partial charge is 0.233 e. The van der Waals surface area contributed by atoms with Gasteiger partial charge in [-0.3, -0.25) is 4.72 Å². The van der Waals surface area contributed by atoms with Gasteiger partial charge in [-0.25, -0.2) is 8.42 Å². The van der Waals surface area contributed by atoms with Gasteiger partial charge in [0.05, 0.1) is 5.75 Å². The van der Waals surface area contributed by atoms with Gasteiger partial charge in [-0.05, 0) is 31.7 Å². The van der Waals surface area contributed by atoms with Crippen LogP contribution >= 0.6 is 11.6 Å². The molecule has 16 heavy (non-hydrogen) atoms. The topological polar surface area (TPSA) is 58.2 Å². The summed E-state index contributed by atoms with van der Waals surface area (Å²) < 4.78 is 25.6. The lowest BCUT2D eigenvalue weighted by molar-refractivity contribution is 0.599. The third kappa shape index (κ3) is 4.00. The van der Waals surface area contributed by atoms with Crippen molar-refractivity contribution in [2.45, 2.75) is 6.92 Å². The fraction of sp³-hybridized carbons (Fsp3) is 0.400. The van der Waals surface area contributed by atoms with Gasteiger partial charge >= 0.3 is 0 Å². The Hall–Kier alpha value is -0.780. The normalized spacial score (nSPS) is 11.4. The largest absolute Gasteiger partial charge is 0.319 e. The van der Waals surface area contributed by atoms with E-state index >= 15 is 0 Å². The highest BCUT2D eigenvalue weighted by Crippen LogP contribution is 2.20. The van der Waals surface area contributed by atoms with E-state index in [1.807, 2.05) is 6.92 Å².